The second-order valence-electron chi connectivity index (χ2n) is 4.43. The van der Waals surface area contributed by atoms with E-state index in [0.29, 0.717) is 18.4 Å². The third-order valence-corrected chi connectivity index (χ3v) is 2.56. The van der Waals surface area contributed by atoms with Crippen LogP contribution in [0.4, 0.5) is 32.3 Å². The summed E-state index contributed by atoms with van der Waals surface area (Å²) in [6.45, 7) is 2.53. The predicted molar refractivity (Wildman–Crippen MR) is 78.0 cm³/mol. The Morgan fingerprint density at radius 3 is 2.48 bits per heavy atom. The standard InChI is InChI=1S/C13H16F2N6/c1-4-16-11-18-12(20-13(19-11)21(2)3)17-9-7-5-6-8(14)10(9)15/h5-7H,4H2,1-3H3,(H2,16,17,18,19,20). The first-order valence-electron chi connectivity index (χ1n) is 6.39. The van der Waals surface area contributed by atoms with E-state index in [2.05, 4.69) is 25.6 Å². The van der Waals surface area contributed by atoms with Crippen molar-refractivity contribution in [1.29, 1.82) is 0 Å². The van der Waals surface area contributed by atoms with Gasteiger partial charge in [-0.05, 0) is 19.1 Å². The minimum Gasteiger partial charge on any atom is -0.354 e. The van der Waals surface area contributed by atoms with Crippen LogP contribution < -0.4 is 15.5 Å². The molecule has 0 fully saturated rings. The third kappa shape index (κ3) is 3.53. The van der Waals surface area contributed by atoms with Crippen LogP contribution in [0.5, 0.6) is 0 Å². The van der Waals surface area contributed by atoms with Crippen molar-refractivity contribution in [3.05, 3.63) is 29.8 Å². The molecule has 0 aliphatic carbocycles. The molecule has 112 valence electrons. The molecular formula is C13H16F2N6. The number of rotatable bonds is 5. The van der Waals surface area contributed by atoms with E-state index < -0.39 is 11.6 Å². The van der Waals surface area contributed by atoms with Gasteiger partial charge in [0.25, 0.3) is 0 Å². The topological polar surface area (TPSA) is 66.0 Å². The van der Waals surface area contributed by atoms with E-state index in [1.165, 1.54) is 12.1 Å². The summed E-state index contributed by atoms with van der Waals surface area (Å²) in [5, 5.41) is 5.62. The molecule has 0 aliphatic rings. The van der Waals surface area contributed by atoms with Crippen molar-refractivity contribution >= 4 is 23.5 Å². The van der Waals surface area contributed by atoms with Crippen LogP contribution in [0.25, 0.3) is 0 Å². The van der Waals surface area contributed by atoms with Crippen LogP contribution in [0.1, 0.15) is 6.92 Å². The molecule has 1 aromatic heterocycles. The molecule has 21 heavy (non-hydrogen) atoms. The highest BCUT2D eigenvalue weighted by molar-refractivity contribution is 5.56. The Kier molecular flexibility index (Phi) is 4.46. The van der Waals surface area contributed by atoms with Crippen molar-refractivity contribution in [1.82, 2.24) is 15.0 Å². The van der Waals surface area contributed by atoms with Gasteiger partial charge < -0.3 is 15.5 Å². The van der Waals surface area contributed by atoms with Gasteiger partial charge in [0.15, 0.2) is 11.6 Å². The lowest BCUT2D eigenvalue weighted by molar-refractivity contribution is 0.511. The predicted octanol–water partition coefficient (Wildman–Crippen LogP) is 2.39. The van der Waals surface area contributed by atoms with Crippen molar-refractivity contribution in [2.45, 2.75) is 6.92 Å². The molecule has 2 N–H and O–H groups in total. The lowest BCUT2D eigenvalue weighted by Crippen LogP contribution is -2.16. The number of anilines is 4. The molecular weight excluding hydrogens is 278 g/mol. The molecule has 0 radical (unpaired) electrons. The van der Waals surface area contributed by atoms with E-state index in [1.807, 2.05) is 6.92 Å². The lowest BCUT2D eigenvalue weighted by atomic mass is 10.3. The maximum atomic E-state index is 13.7. The molecule has 2 rings (SSSR count). The van der Waals surface area contributed by atoms with E-state index in [4.69, 9.17) is 0 Å². The second-order valence-corrected chi connectivity index (χ2v) is 4.43. The number of halogens is 2. The van der Waals surface area contributed by atoms with Crippen molar-refractivity contribution in [3.63, 3.8) is 0 Å². The van der Waals surface area contributed by atoms with E-state index in [9.17, 15) is 8.78 Å². The smallest absolute Gasteiger partial charge is 0.233 e. The van der Waals surface area contributed by atoms with Gasteiger partial charge in [0, 0.05) is 20.6 Å². The number of aromatic nitrogens is 3. The number of hydrogen-bond acceptors (Lipinski definition) is 6. The highest BCUT2D eigenvalue weighted by Gasteiger charge is 2.12. The average Bonchev–Trinajstić information content (AvgIpc) is 2.44. The van der Waals surface area contributed by atoms with Gasteiger partial charge in [-0.15, -0.1) is 0 Å². The Morgan fingerprint density at radius 2 is 1.81 bits per heavy atom. The molecule has 8 heteroatoms. The molecule has 6 nitrogen and oxygen atoms in total. The van der Waals surface area contributed by atoms with Crippen molar-refractivity contribution in [2.75, 3.05) is 36.2 Å². The molecule has 0 unspecified atom stereocenters. The summed E-state index contributed by atoms with van der Waals surface area (Å²) in [6.07, 6.45) is 0. The Hall–Kier alpha value is -2.51. The van der Waals surface area contributed by atoms with Gasteiger partial charge in [-0.3, -0.25) is 0 Å². The zero-order valence-corrected chi connectivity index (χ0v) is 12.0. The van der Waals surface area contributed by atoms with Crippen LogP contribution in [-0.4, -0.2) is 35.6 Å². The fourth-order valence-electron chi connectivity index (χ4n) is 1.58. The van der Waals surface area contributed by atoms with Crippen LogP contribution in [-0.2, 0) is 0 Å². The van der Waals surface area contributed by atoms with Crippen molar-refractivity contribution in [3.8, 4) is 0 Å². The van der Waals surface area contributed by atoms with Crippen molar-refractivity contribution < 1.29 is 8.78 Å². The molecule has 0 spiro atoms. The Bertz CT molecular complexity index is 632. The van der Waals surface area contributed by atoms with Gasteiger partial charge in [-0.2, -0.15) is 15.0 Å². The summed E-state index contributed by atoms with van der Waals surface area (Å²) in [7, 11) is 3.55. The molecule has 0 bridgehead atoms. The Morgan fingerprint density at radius 1 is 1.10 bits per heavy atom. The van der Waals surface area contributed by atoms with E-state index in [-0.39, 0.29) is 11.6 Å². The third-order valence-electron chi connectivity index (χ3n) is 2.56. The van der Waals surface area contributed by atoms with E-state index >= 15 is 0 Å². The first-order chi connectivity index (χ1) is 10.0. The van der Waals surface area contributed by atoms with Crippen LogP contribution in [0.15, 0.2) is 18.2 Å². The molecule has 0 saturated carbocycles. The maximum absolute atomic E-state index is 13.7. The molecule has 0 aliphatic heterocycles. The number of nitrogens with zero attached hydrogens (tertiary/aromatic N) is 4. The highest BCUT2D eigenvalue weighted by atomic mass is 19.2. The van der Waals surface area contributed by atoms with Crippen LogP contribution in [0.3, 0.4) is 0 Å². The summed E-state index contributed by atoms with van der Waals surface area (Å²) >= 11 is 0. The molecule has 2 aromatic rings. The zero-order chi connectivity index (χ0) is 15.4. The first kappa shape index (κ1) is 14.9. The van der Waals surface area contributed by atoms with Crippen LogP contribution in [0.2, 0.25) is 0 Å². The fourth-order valence-corrected chi connectivity index (χ4v) is 1.58. The molecule has 0 saturated heterocycles. The van der Waals surface area contributed by atoms with Crippen LogP contribution in [0, 0.1) is 11.6 Å². The SMILES string of the molecule is CCNc1nc(Nc2cccc(F)c2F)nc(N(C)C)n1. The Balaban J connectivity index is 2.36. The first-order valence-corrected chi connectivity index (χ1v) is 6.39. The van der Waals surface area contributed by atoms with Gasteiger partial charge in [-0.1, -0.05) is 6.07 Å². The quantitative estimate of drug-likeness (QED) is 0.882. The monoisotopic (exact) mass is 294 g/mol. The van der Waals surface area contributed by atoms with Gasteiger partial charge in [-0.25, -0.2) is 8.78 Å². The molecule has 0 amide bonds. The van der Waals surface area contributed by atoms with Gasteiger partial charge in [0.1, 0.15) is 0 Å². The van der Waals surface area contributed by atoms with Crippen molar-refractivity contribution in [2.24, 2.45) is 0 Å². The summed E-state index contributed by atoms with van der Waals surface area (Å²) in [5.41, 5.74) is -0.0339. The molecule has 1 heterocycles. The number of nitrogens with one attached hydrogen (secondary N) is 2. The second kappa shape index (κ2) is 6.29. The van der Waals surface area contributed by atoms with Gasteiger partial charge >= 0.3 is 0 Å². The molecule has 1 aromatic carbocycles. The maximum Gasteiger partial charge on any atom is 0.233 e. The number of hydrogen-bond donors (Lipinski definition) is 2. The summed E-state index contributed by atoms with van der Waals surface area (Å²) in [6, 6.07) is 3.85. The Labute approximate surface area is 121 Å². The summed E-state index contributed by atoms with van der Waals surface area (Å²) in [5.74, 6) is -1.02. The summed E-state index contributed by atoms with van der Waals surface area (Å²) in [4.78, 5) is 14.1. The van der Waals surface area contributed by atoms with Crippen LogP contribution >= 0.6 is 0 Å². The lowest BCUT2D eigenvalue weighted by Gasteiger charge is -2.14. The highest BCUT2D eigenvalue weighted by Crippen LogP contribution is 2.21. The van der Waals surface area contributed by atoms with Gasteiger partial charge in [0.05, 0.1) is 5.69 Å². The minimum atomic E-state index is -0.977. The number of benzene rings is 1. The van der Waals surface area contributed by atoms with E-state index in [1.54, 1.807) is 19.0 Å². The largest absolute Gasteiger partial charge is 0.354 e. The van der Waals surface area contributed by atoms with E-state index in [0.717, 1.165) is 6.07 Å². The zero-order valence-electron chi connectivity index (χ0n) is 12.0. The average molecular weight is 294 g/mol. The minimum absolute atomic E-state index is 0.0339. The fraction of sp³-hybridized carbons (Fsp3) is 0.308. The summed E-state index contributed by atoms with van der Waals surface area (Å²) < 4.78 is 26.9. The van der Waals surface area contributed by atoms with Gasteiger partial charge in [0.2, 0.25) is 17.8 Å². The molecule has 0 atom stereocenters. The normalized spacial score (nSPS) is 10.3.